The minimum absolute atomic E-state index is 0.0755. The lowest BCUT2D eigenvalue weighted by Gasteiger charge is -2.13. The molecule has 8 nitrogen and oxygen atoms in total. The van der Waals surface area contributed by atoms with Crippen LogP contribution in [-0.4, -0.2) is 36.5 Å². The van der Waals surface area contributed by atoms with Crippen LogP contribution in [0.1, 0.15) is 30.9 Å². The highest BCUT2D eigenvalue weighted by Crippen LogP contribution is 2.05. The average molecular weight is 427 g/mol. The largest absolute Gasteiger partial charge is 0.458 e. The van der Waals surface area contributed by atoms with E-state index in [1.54, 1.807) is 12.1 Å². The summed E-state index contributed by atoms with van der Waals surface area (Å²) in [6.45, 7) is 1.30. The van der Waals surface area contributed by atoms with Crippen molar-refractivity contribution in [3.05, 3.63) is 71.8 Å². The molecular formula is C23H25NO7. The molecule has 0 bridgehead atoms. The third-order valence-corrected chi connectivity index (χ3v) is 4.11. The Morgan fingerprint density at radius 3 is 1.94 bits per heavy atom. The molecule has 164 valence electrons. The van der Waals surface area contributed by atoms with Gasteiger partial charge in [0.05, 0.1) is 13.0 Å². The molecule has 0 spiro atoms. The van der Waals surface area contributed by atoms with E-state index in [0.717, 1.165) is 11.1 Å². The zero-order valence-corrected chi connectivity index (χ0v) is 17.2. The summed E-state index contributed by atoms with van der Waals surface area (Å²) in [5.41, 5.74) is 1.64. The van der Waals surface area contributed by atoms with Crippen molar-refractivity contribution in [3.63, 3.8) is 0 Å². The average Bonchev–Trinajstić information content (AvgIpc) is 2.79. The lowest BCUT2D eigenvalue weighted by atomic mass is 10.2. The molecule has 0 aliphatic rings. The summed E-state index contributed by atoms with van der Waals surface area (Å²) in [6, 6.07) is 18.2. The van der Waals surface area contributed by atoms with Gasteiger partial charge in [-0.05, 0) is 18.1 Å². The first-order valence-electron chi connectivity index (χ1n) is 9.80. The summed E-state index contributed by atoms with van der Waals surface area (Å²) in [5, 5.41) is 2.33. The summed E-state index contributed by atoms with van der Waals surface area (Å²) < 4.78 is 15.1. The van der Waals surface area contributed by atoms with E-state index in [-0.39, 0.29) is 38.4 Å². The van der Waals surface area contributed by atoms with Crippen molar-refractivity contribution in [1.29, 1.82) is 0 Å². The minimum atomic E-state index is -1.09. The Balaban J connectivity index is 1.58. The van der Waals surface area contributed by atoms with Crippen molar-refractivity contribution in [3.8, 4) is 0 Å². The van der Waals surface area contributed by atoms with Crippen molar-refractivity contribution in [2.45, 2.75) is 39.1 Å². The van der Waals surface area contributed by atoms with E-state index >= 15 is 0 Å². The molecule has 1 atom stereocenters. The molecule has 0 aliphatic carbocycles. The van der Waals surface area contributed by atoms with E-state index in [1.807, 2.05) is 48.5 Å². The summed E-state index contributed by atoms with van der Waals surface area (Å²) >= 11 is 0. The van der Waals surface area contributed by atoms with Crippen molar-refractivity contribution in [1.82, 2.24) is 5.32 Å². The number of esters is 2. The molecule has 0 saturated carbocycles. The van der Waals surface area contributed by atoms with Crippen LogP contribution in [0.3, 0.4) is 0 Å². The number of ketones is 1. The highest BCUT2D eigenvalue weighted by Gasteiger charge is 2.20. The quantitative estimate of drug-likeness (QED) is 0.434. The molecule has 2 aromatic rings. The first-order chi connectivity index (χ1) is 14.9. The molecule has 2 aromatic carbocycles. The van der Waals surface area contributed by atoms with Crippen molar-refractivity contribution in [2.75, 3.05) is 6.54 Å². The SMILES string of the molecule is CC(OC(=O)CCC(=O)CNC(=O)OCc1ccccc1)C(=O)OCc1ccccc1. The zero-order chi connectivity index (χ0) is 22.5. The predicted molar refractivity (Wildman–Crippen MR) is 111 cm³/mol. The predicted octanol–water partition coefficient (Wildman–Crippen LogP) is 2.94. The number of rotatable bonds is 11. The highest BCUT2D eigenvalue weighted by atomic mass is 16.6. The van der Waals surface area contributed by atoms with Gasteiger partial charge in [0, 0.05) is 6.42 Å². The fourth-order valence-corrected chi connectivity index (χ4v) is 2.43. The van der Waals surface area contributed by atoms with Crippen LogP contribution in [0.2, 0.25) is 0 Å². The van der Waals surface area contributed by atoms with E-state index < -0.39 is 24.1 Å². The minimum Gasteiger partial charge on any atom is -0.458 e. The molecule has 2 rings (SSSR count). The molecule has 0 aromatic heterocycles. The number of Topliss-reactive ketones (excluding diaryl/α,β-unsaturated/α-hetero) is 1. The van der Waals surface area contributed by atoms with Gasteiger partial charge in [-0.1, -0.05) is 60.7 Å². The number of ether oxygens (including phenoxy) is 3. The molecular weight excluding hydrogens is 402 g/mol. The maximum Gasteiger partial charge on any atom is 0.407 e. The molecule has 0 aliphatic heterocycles. The maximum atomic E-state index is 11.9. The second-order valence-corrected chi connectivity index (χ2v) is 6.68. The number of carbonyl (C=O) groups is 4. The van der Waals surface area contributed by atoms with E-state index in [9.17, 15) is 19.2 Å². The van der Waals surface area contributed by atoms with Gasteiger partial charge in [-0.15, -0.1) is 0 Å². The van der Waals surface area contributed by atoms with Crippen LogP contribution in [0.15, 0.2) is 60.7 Å². The lowest BCUT2D eigenvalue weighted by molar-refractivity contribution is -0.167. The van der Waals surface area contributed by atoms with Crippen LogP contribution >= 0.6 is 0 Å². The molecule has 0 radical (unpaired) electrons. The van der Waals surface area contributed by atoms with Gasteiger partial charge >= 0.3 is 18.0 Å². The number of alkyl carbamates (subject to hydrolysis) is 1. The fraction of sp³-hybridized carbons (Fsp3) is 0.304. The van der Waals surface area contributed by atoms with Crippen molar-refractivity contribution < 1.29 is 33.4 Å². The summed E-state index contributed by atoms with van der Waals surface area (Å²) in [5.74, 6) is -1.75. The van der Waals surface area contributed by atoms with Gasteiger partial charge in [-0.3, -0.25) is 9.59 Å². The van der Waals surface area contributed by atoms with Crippen molar-refractivity contribution >= 4 is 23.8 Å². The Morgan fingerprint density at radius 2 is 1.35 bits per heavy atom. The lowest BCUT2D eigenvalue weighted by Crippen LogP contribution is -2.30. The molecule has 31 heavy (non-hydrogen) atoms. The normalized spacial score (nSPS) is 11.1. The number of carbonyl (C=O) groups excluding carboxylic acids is 4. The Bertz CT molecular complexity index is 868. The number of amides is 1. The molecule has 0 heterocycles. The van der Waals surface area contributed by atoms with Crippen LogP contribution in [-0.2, 0) is 41.8 Å². The smallest absolute Gasteiger partial charge is 0.407 e. The Hall–Kier alpha value is -3.68. The Labute approximate surface area is 180 Å². The van der Waals surface area contributed by atoms with Crippen LogP contribution in [0.5, 0.6) is 0 Å². The van der Waals surface area contributed by atoms with Crippen molar-refractivity contribution in [2.24, 2.45) is 0 Å². The molecule has 0 fully saturated rings. The number of hydrogen-bond donors (Lipinski definition) is 1. The summed E-state index contributed by atoms with van der Waals surface area (Å²) in [7, 11) is 0. The third-order valence-electron chi connectivity index (χ3n) is 4.11. The molecule has 8 heteroatoms. The zero-order valence-electron chi connectivity index (χ0n) is 17.2. The standard InChI is InChI=1S/C23H25NO7/c1-17(22(27)29-15-18-8-4-2-5-9-18)31-21(26)13-12-20(25)14-24-23(28)30-16-19-10-6-3-7-11-19/h2-11,17H,12-16H2,1H3,(H,24,28). The van der Waals surface area contributed by atoms with Gasteiger partial charge in [0.25, 0.3) is 0 Å². The highest BCUT2D eigenvalue weighted by molar-refractivity contribution is 5.87. The first kappa shape index (κ1) is 23.6. The molecule has 0 saturated heterocycles. The third kappa shape index (κ3) is 9.58. The second-order valence-electron chi connectivity index (χ2n) is 6.68. The number of hydrogen-bond acceptors (Lipinski definition) is 7. The van der Waals surface area contributed by atoms with Gasteiger partial charge < -0.3 is 19.5 Å². The van der Waals surface area contributed by atoms with Crippen LogP contribution in [0, 0.1) is 0 Å². The van der Waals surface area contributed by atoms with E-state index in [1.165, 1.54) is 6.92 Å². The monoisotopic (exact) mass is 427 g/mol. The second kappa shape index (κ2) is 12.8. The summed E-state index contributed by atoms with van der Waals surface area (Å²) in [6.07, 6.45) is -2.16. The van der Waals surface area contributed by atoms with E-state index in [2.05, 4.69) is 5.32 Å². The van der Waals surface area contributed by atoms with Crippen LogP contribution in [0.25, 0.3) is 0 Å². The Kier molecular flexibility index (Phi) is 9.74. The molecule has 1 N–H and O–H groups in total. The Morgan fingerprint density at radius 1 is 0.806 bits per heavy atom. The van der Waals surface area contributed by atoms with Crippen LogP contribution < -0.4 is 5.32 Å². The van der Waals surface area contributed by atoms with E-state index in [4.69, 9.17) is 14.2 Å². The van der Waals surface area contributed by atoms with E-state index in [0.29, 0.717) is 0 Å². The fourth-order valence-electron chi connectivity index (χ4n) is 2.43. The van der Waals surface area contributed by atoms with Gasteiger partial charge in [-0.25, -0.2) is 9.59 Å². The van der Waals surface area contributed by atoms with Crippen LogP contribution in [0.4, 0.5) is 4.79 Å². The maximum absolute atomic E-state index is 11.9. The first-order valence-corrected chi connectivity index (χ1v) is 9.80. The molecule has 1 amide bonds. The van der Waals surface area contributed by atoms with Gasteiger partial charge in [-0.2, -0.15) is 0 Å². The number of nitrogens with one attached hydrogen (secondary N) is 1. The van der Waals surface area contributed by atoms with Gasteiger partial charge in [0.2, 0.25) is 0 Å². The number of benzene rings is 2. The molecule has 1 unspecified atom stereocenters. The van der Waals surface area contributed by atoms with Gasteiger partial charge in [0.15, 0.2) is 11.9 Å². The van der Waals surface area contributed by atoms with Gasteiger partial charge in [0.1, 0.15) is 13.2 Å². The summed E-state index contributed by atoms with van der Waals surface area (Å²) in [4.78, 5) is 47.2. The topological polar surface area (TPSA) is 108 Å².